The van der Waals surface area contributed by atoms with Crippen molar-refractivity contribution in [3.8, 4) is 0 Å². The zero-order valence-corrected chi connectivity index (χ0v) is 25.2. The highest BCUT2D eigenvalue weighted by Gasteiger charge is 2.07. The normalized spacial score (nSPS) is 11.7. The predicted octanol–water partition coefficient (Wildman–Crippen LogP) is 10.4. The Hall–Kier alpha value is -0.860. The minimum Gasteiger partial charge on any atom is -0.299 e. The van der Waals surface area contributed by atoms with Crippen LogP contribution < -0.4 is 0 Å². The van der Waals surface area contributed by atoms with Crippen molar-refractivity contribution in [3.63, 3.8) is 0 Å². The average molecular weight is 501 g/mol. The zero-order valence-electron chi connectivity index (χ0n) is 25.2. The Morgan fingerprint density at radius 3 is 1.11 bits per heavy atom. The second-order valence-corrected chi connectivity index (χ2v) is 11.2. The van der Waals surface area contributed by atoms with Crippen LogP contribution in [0.5, 0.6) is 0 Å². The Morgan fingerprint density at radius 2 is 0.778 bits per heavy atom. The van der Waals surface area contributed by atoms with E-state index in [2.05, 4.69) is 61.8 Å². The predicted molar refractivity (Wildman–Crippen MR) is 163 cm³/mol. The van der Waals surface area contributed by atoms with Crippen LogP contribution in [0.1, 0.15) is 154 Å². The molecule has 0 spiro atoms. The van der Waals surface area contributed by atoms with Crippen molar-refractivity contribution in [3.05, 3.63) is 35.4 Å². The molecule has 0 unspecified atom stereocenters. The number of nitrogens with zero attached hydrogens (tertiary/aromatic N) is 2. The standard InChI is InChI=1S/C34H64N2/c1-5-9-11-13-15-17-19-21-23-28-35(7-3)31-33-26-25-27-34(30-33)32-36(8-4)29-24-22-20-18-16-14-12-10-6-2/h25-27,30H,5-24,28-29,31-32H2,1-4H3. The average Bonchev–Trinajstić information content (AvgIpc) is 2.90. The van der Waals surface area contributed by atoms with Gasteiger partial charge in [-0.05, 0) is 50.1 Å². The lowest BCUT2D eigenvalue weighted by atomic mass is 10.1. The molecule has 1 rings (SSSR count). The first-order valence-corrected chi connectivity index (χ1v) is 16.3. The van der Waals surface area contributed by atoms with Crippen molar-refractivity contribution in [1.82, 2.24) is 9.80 Å². The van der Waals surface area contributed by atoms with Crippen LogP contribution >= 0.6 is 0 Å². The number of hydrogen-bond donors (Lipinski definition) is 0. The first-order valence-electron chi connectivity index (χ1n) is 16.3. The molecule has 0 aromatic heterocycles. The molecule has 0 heterocycles. The van der Waals surface area contributed by atoms with Gasteiger partial charge in [0.05, 0.1) is 0 Å². The third-order valence-electron chi connectivity index (χ3n) is 7.85. The molecule has 1 aromatic rings. The molecule has 0 saturated heterocycles. The van der Waals surface area contributed by atoms with E-state index in [0.29, 0.717) is 0 Å². The van der Waals surface area contributed by atoms with Gasteiger partial charge in [0.2, 0.25) is 0 Å². The minimum absolute atomic E-state index is 1.10. The van der Waals surface area contributed by atoms with Crippen LogP contribution in [0.25, 0.3) is 0 Å². The number of unbranched alkanes of at least 4 members (excludes halogenated alkanes) is 16. The summed E-state index contributed by atoms with van der Waals surface area (Å²) in [4.78, 5) is 5.28. The summed E-state index contributed by atoms with van der Waals surface area (Å²) in [5.41, 5.74) is 2.98. The highest BCUT2D eigenvalue weighted by molar-refractivity contribution is 5.23. The molecule has 210 valence electrons. The molecule has 0 radical (unpaired) electrons. The first-order chi connectivity index (χ1) is 17.7. The van der Waals surface area contributed by atoms with Gasteiger partial charge in [-0.25, -0.2) is 0 Å². The molecule has 0 amide bonds. The lowest BCUT2D eigenvalue weighted by molar-refractivity contribution is 0.268. The molecule has 1 aromatic carbocycles. The summed E-state index contributed by atoms with van der Waals surface area (Å²) < 4.78 is 0. The molecule has 0 saturated carbocycles. The van der Waals surface area contributed by atoms with Gasteiger partial charge in [0.1, 0.15) is 0 Å². The largest absolute Gasteiger partial charge is 0.299 e. The van der Waals surface area contributed by atoms with E-state index in [1.165, 1.54) is 140 Å². The van der Waals surface area contributed by atoms with E-state index in [9.17, 15) is 0 Å². The van der Waals surface area contributed by atoms with E-state index in [4.69, 9.17) is 0 Å². The molecule has 0 aliphatic heterocycles. The van der Waals surface area contributed by atoms with Gasteiger partial charge in [0.15, 0.2) is 0 Å². The molecule has 2 heteroatoms. The first kappa shape index (κ1) is 33.2. The summed E-state index contributed by atoms with van der Waals surface area (Å²) in [7, 11) is 0. The fraction of sp³-hybridized carbons (Fsp3) is 0.824. The van der Waals surface area contributed by atoms with Crippen LogP contribution in [-0.2, 0) is 13.1 Å². The van der Waals surface area contributed by atoms with Gasteiger partial charge in [0.25, 0.3) is 0 Å². The van der Waals surface area contributed by atoms with E-state index < -0.39 is 0 Å². The molecular weight excluding hydrogens is 436 g/mol. The Kier molecular flexibility index (Phi) is 22.6. The van der Waals surface area contributed by atoms with Gasteiger partial charge in [-0.15, -0.1) is 0 Å². The maximum Gasteiger partial charge on any atom is 0.0233 e. The quantitative estimate of drug-likeness (QED) is 0.117. The van der Waals surface area contributed by atoms with Gasteiger partial charge in [-0.1, -0.05) is 155 Å². The summed E-state index contributed by atoms with van der Waals surface area (Å²) in [5, 5.41) is 0. The summed E-state index contributed by atoms with van der Waals surface area (Å²) in [6, 6.07) is 9.42. The lowest BCUT2D eigenvalue weighted by Crippen LogP contribution is -2.25. The second-order valence-electron chi connectivity index (χ2n) is 11.2. The summed E-state index contributed by atoms with van der Waals surface area (Å²) >= 11 is 0. The molecule has 0 bridgehead atoms. The zero-order chi connectivity index (χ0) is 26.1. The monoisotopic (exact) mass is 501 g/mol. The molecule has 2 nitrogen and oxygen atoms in total. The van der Waals surface area contributed by atoms with E-state index in [1.807, 2.05) is 0 Å². The van der Waals surface area contributed by atoms with Crippen LogP contribution in [0.3, 0.4) is 0 Å². The molecule has 0 aliphatic carbocycles. The van der Waals surface area contributed by atoms with Crippen LogP contribution in [0.15, 0.2) is 24.3 Å². The number of rotatable bonds is 26. The van der Waals surface area contributed by atoms with Gasteiger partial charge in [-0.3, -0.25) is 9.80 Å². The van der Waals surface area contributed by atoms with Crippen LogP contribution in [-0.4, -0.2) is 36.0 Å². The van der Waals surface area contributed by atoms with Crippen molar-refractivity contribution in [2.45, 2.75) is 156 Å². The van der Waals surface area contributed by atoms with Crippen molar-refractivity contribution in [2.24, 2.45) is 0 Å². The Morgan fingerprint density at radius 1 is 0.444 bits per heavy atom. The SMILES string of the molecule is CCCCCCCCCCCN(CC)Cc1cccc(CN(CC)CCCCCCCCCCC)c1. The van der Waals surface area contributed by atoms with Crippen LogP contribution in [0.2, 0.25) is 0 Å². The Bertz CT molecular complexity index is 537. The van der Waals surface area contributed by atoms with Crippen molar-refractivity contribution in [1.29, 1.82) is 0 Å². The fourth-order valence-electron chi connectivity index (χ4n) is 5.33. The highest BCUT2D eigenvalue weighted by Crippen LogP contribution is 2.15. The second kappa shape index (κ2) is 24.5. The molecule has 0 atom stereocenters. The smallest absolute Gasteiger partial charge is 0.0233 e. The molecule has 0 fully saturated rings. The highest BCUT2D eigenvalue weighted by atomic mass is 15.1. The maximum absolute atomic E-state index is 2.64. The summed E-state index contributed by atoms with van der Waals surface area (Å²) in [5.74, 6) is 0. The van der Waals surface area contributed by atoms with Crippen molar-refractivity contribution >= 4 is 0 Å². The molecular formula is C34H64N2. The lowest BCUT2D eigenvalue weighted by Gasteiger charge is -2.23. The van der Waals surface area contributed by atoms with E-state index in [0.717, 1.165) is 26.2 Å². The van der Waals surface area contributed by atoms with Gasteiger partial charge in [-0.2, -0.15) is 0 Å². The van der Waals surface area contributed by atoms with Gasteiger partial charge < -0.3 is 0 Å². The van der Waals surface area contributed by atoms with Crippen LogP contribution in [0, 0.1) is 0 Å². The Labute approximate surface area is 227 Å². The summed E-state index contributed by atoms with van der Waals surface area (Å²) in [6.45, 7) is 16.2. The maximum atomic E-state index is 2.64. The van der Waals surface area contributed by atoms with Crippen molar-refractivity contribution < 1.29 is 0 Å². The van der Waals surface area contributed by atoms with Gasteiger partial charge >= 0.3 is 0 Å². The third-order valence-corrected chi connectivity index (χ3v) is 7.85. The topological polar surface area (TPSA) is 6.48 Å². The minimum atomic E-state index is 1.10. The fourth-order valence-corrected chi connectivity index (χ4v) is 5.33. The van der Waals surface area contributed by atoms with E-state index in [-0.39, 0.29) is 0 Å². The summed E-state index contributed by atoms with van der Waals surface area (Å²) in [6.07, 6.45) is 25.4. The third kappa shape index (κ3) is 18.4. The van der Waals surface area contributed by atoms with Crippen LogP contribution in [0.4, 0.5) is 0 Å². The van der Waals surface area contributed by atoms with E-state index >= 15 is 0 Å². The Balaban J connectivity index is 2.25. The molecule has 0 aliphatic rings. The molecule has 0 N–H and O–H groups in total. The molecule has 36 heavy (non-hydrogen) atoms. The van der Waals surface area contributed by atoms with Gasteiger partial charge in [0, 0.05) is 13.1 Å². The number of benzene rings is 1. The van der Waals surface area contributed by atoms with Crippen molar-refractivity contribution in [2.75, 3.05) is 26.2 Å². The van der Waals surface area contributed by atoms with E-state index in [1.54, 1.807) is 0 Å². The number of hydrogen-bond acceptors (Lipinski definition) is 2.